The van der Waals surface area contributed by atoms with Crippen molar-refractivity contribution < 1.29 is 9.59 Å². The second kappa shape index (κ2) is 7.49. The molecular formula is C23H18BrNO2. The van der Waals surface area contributed by atoms with E-state index in [-0.39, 0.29) is 18.1 Å². The Labute approximate surface area is 166 Å². The number of carbonyl (C=O) groups is 2. The van der Waals surface area contributed by atoms with Gasteiger partial charge in [0.1, 0.15) is 0 Å². The highest BCUT2D eigenvalue weighted by molar-refractivity contribution is 9.10. The SMILES string of the molecule is O=C(CC1C(=O)N(Cc2ccc(Br)cc2)c2ccccc21)c1ccccc1. The zero-order valence-electron chi connectivity index (χ0n) is 14.6. The van der Waals surface area contributed by atoms with Crippen molar-refractivity contribution in [1.29, 1.82) is 0 Å². The van der Waals surface area contributed by atoms with Crippen LogP contribution in [0, 0.1) is 0 Å². The van der Waals surface area contributed by atoms with E-state index in [1.54, 1.807) is 17.0 Å². The molecule has 4 heteroatoms. The smallest absolute Gasteiger partial charge is 0.235 e. The van der Waals surface area contributed by atoms with Crippen LogP contribution in [0.3, 0.4) is 0 Å². The summed E-state index contributed by atoms with van der Waals surface area (Å²) in [5.74, 6) is -0.443. The predicted molar refractivity (Wildman–Crippen MR) is 110 cm³/mol. The molecule has 3 nitrogen and oxygen atoms in total. The zero-order chi connectivity index (χ0) is 18.8. The molecule has 1 heterocycles. The van der Waals surface area contributed by atoms with Crippen LogP contribution in [0.5, 0.6) is 0 Å². The van der Waals surface area contributed by atoms with Crippen molar-refractivity contribution in [3.05, 3.63) is 100 Å². The van der Waals surface area contributed by atoms with Gasteiger partial charge in [-0.1, -0.05) is 76.6 Å². The summed E-state index contributed by atoms with van der Waals surface area (Å²) in [6, 6.07) is 24.9. The van der Waals surface area contributed by atoms with Crippen LogP contribution >= 0.6 is 15.9 Å². The Balaban J connectivity index is 1.61. The lowest BCUT2D eigenvalue weighted by atomic mass is 9.93. The Bertz CT molecular complexity index is 983. The quantitative estimate of drug-likeness (QED) is 0.522. The topological polar surface area (TPSA) is 37.4 Å². The van der Waals surface area contributed by atoms with Crippen molar-refractivity contribution >= 4 is 33.3 Å². The van der Waals surface area contributed by atoms with Crippen LogP contribution in [0.15, 0.2) is 83.3 Å². The number of carbonyl (C=O) groups excluding carboxylic acids is 2. The third kappa shape index (κ3) is 3.58. The van der Waals surface area contributed by atoms with Crippen molar-refractivity contribution in [3.63, 3.8) is 0 Å². The molecule has 3 aromatic carbocycles. The molecule has 1 aliphatic rings. The first-order valence-corrected chi connectivity index (χ1v) is 9.66. The van der Waals surface area contributed by atoms with Gasteiger partial charge in [0.15, 0.2) is 5.78 Å². The fraction of sp³-hybridized carbons (Fsp3) is 0.130. The second-order valence-corrected chi connectivity index (χ2v) is 7.57. The minimum atomic E-state index is -0.427. The van der Waals surface area contributed by atoms with Gasteiger partial charge in [0.05, 0.1) is 12.5 Å². The van der Waals surface area contributed by atoms with Gasteiger partial charge in [0.2, 0.25) is 5.91 Å². The van der Waals surface area contributed by atoms with E-state index < -0.39 is 5.92 Å². The van der Waals surface area contributed by atoms with Gasteiger partial charge in [-0.05, 0) is 29.3 Å². The fourth-order valence-corrected chi connectivity index (χ4v) is 3.79. The molecule has 0 aromatic heterocycles. The Hall–Kier alpha value is -2.72. The molecule has 134 valence electrons. The average molecular weight is 420 g/mol. The monoisotopic (exact) mass is 419 g/mol. The fourth-order valence-electron chi connectivity index (χ4n) is 3.53. The van der Waals surface area contributed by atoms with E-state index in [1.807, 2.05) is 66.7 Å². The maximum atomic E-state index is 13.2. The van der Waals surface area contributed by atoms with Gasteiger partial charge in [0, 0.05) is 22.1 Å². The van der Waals surface area contributed by atoms with E-state index in [1.165, 1.54) is 0 Å². The number of anilines is 1. The third-order valence-corrected chi connectivity index (χ3v) is 5.43. The summed E-state index contributed by atoms with van der Waals surface area (Å²) >= 11 is 3.44. The summed E-state index contributed by atoms with van der Waals surface area (Å²) in [7, 11) is 0. The molecule has 0 spiro atoms. The summed E-state index contributed by atoms with van der Waals surface area (Å²) in [6.07, 6.45) is 0.191. The number of benzene rings is 3. The van der Waals surface area contributed by atoms with Crippen LogP contribution < -0.4 is 4.90 Å². The number of fused-ring (bicyclic) bond motifs is 1. The summed E-state index contributed by atoms with van der Waals surface area (Å²) in [6.45, 7) is 0.499. The number of ketones is 1. The Kier molecular flexibility index (Phi) is 4.90. The van der Waals surface area contributed by atoms with Crippen LogP contribution in [-0.2, 0) is 11.3 Å². The summed E-state index contributed by atoms with van der Waals surface area (Å²) in [4.78, 5) is 27.6. The first kappa shape index (κ1) is 17.7. The van der Waals surface area contributed by atoms with Crippen molar-refractivity contribution in [2.75, 3.05) is 4.90 Å². The molecule has 0 saturated carbocycles. The van der Waals surface area contributed by atoms with E-state index in [0.29, 0.717) is 12.1 Å². The van der Waals surface area contributed by atoms with Crippen LogP contribution in [0.2, 0.25) is 0 Å². The normalized spacial score (nSPS) is 15.7. The van der Waals surface area contributed by atoms with Gasteiger partial charge in [-0.15, -0.1) is 0 Å². The zero-order valence-corrected chi connectivity index (χ0v) is 16.2. The van der Waals surface area contributed by atoms with Gasteiger partial charge < -0.3 is 4.90 Å². The molecule has 0 fully saturated rings. The summed E-state index contributed by atoms with van der Waals surface area (Å²) in [5.41, 5.74) is 3.53. The van der Waals surface area contributed by atoms with Gasteiger partial charge in [0.25, 0.3) is 0 Å². The van der Waals surface area contributed by atoms with Crippen molar-refractivity contribution in [1.82, 2.24) is 0 Å². The Morgan fingerprint density at radius 1 is 0.889 bits per heavy atom. The molecule has 1 aliphatic heterocycles. The minimum Gasteiger partial charge on any atom is -0.307 e. The summed E-state index contributed by atoms with van der Waals surface area (Å²) < 4.78 is 1.01. The van der Waals surface area contributed by atoms with Gasteiger partial charge in [-0.3, -0.25) is 9.59 Å². The second-order valence-electron chi connectivity index (χ2n) is 6.66. The molecule has 0 N–H and O–H groups in total. The lowest BCUT2D eigenvalue weighted by Crippen LogP contribution is -2.29. The van der Waals surface area contributed by atoms with E-state index >= 15 is 0 Å². The lowest BCUT2D eigenvalue weighted by Gasteiger charge is -2.18. The van der Waals surface area contributed by atoms with E-state index in [0.717, 1.165) is 21.3 Å². The molecule has 0 bridgehead atoms. The maximum Gasteiger partial charge on any atom is 0.235 e. The number of hydrogen-bond acceptors (Lipinski definition) is 2. The lowest BCUT2D eigenvalue weighted by molar-refractivity contribution is -0.119. The number of hydrogen-bond donors (Lipinski definition) is 0. The number of Topliss-reactive ketones (excluding diaryl/α,β-unsaturated/α-hetero) is 1. The van der Waals surface area contributed by atoms with E-state index in [2.05, 4.69) is 15.9 Å². The number of para-hydroxylation sites is 1. The molecule has 0 saturated heterocycles. The number of halogens is 1. The molecule has 0 aliphatic carbocycles. The standard InChI is InChI=1S/C23H18BrNO2/c24-18-12-10-16(11-13-18)15-25-21-9-5-4-8-19(21)20(23(25)27)14-22(26)17-6-2-1-3-7-17/h1-13,20H,14-15H2. The average Bonchev–Trinajstić information content (AvgIpc) is 2.96. The van der Waals surface area contributed by atoms with Crippen LogP contribution in [0.25, 0.3) is 0 Å². The number of rotatable bonds is 5. The Morgan fingerprint density at radius 3 is 2.30 bits per heavy atom. The number of nitrogens with zero attached hydrogens (tertiary/aromatic N) is 1. The van der Waals surface area contributed by atoms with Gasteiger partial charge in [-0.2, -0.15) is 0 Å². The molecule has 0 radical (unpaired) electrons. The first-order valence-electron chi connectivity index (χ1n) is 8.86. The highest BCUT2D eigenvalue weighted by Gasteiger charge is 2.38. The minimum absolute atomic E-state index is 0.00533. The van der Waals surface area contributed by atoms with Crippen LogP contribution in [0.4, 0.5) is 5.69 Å². The van der Waals surface area contributed by atoms with E-state index in [9.17, 15) is 9.59 Å². The molecule has 4 rings (SSSR count). The largest absolute Gasteiger partial charge is 0.307 e. The molecule has 3 aromatic rings. The van der Waals surface area contributed by atoms with Crippen LogP contribution in [0.1, 0.15) is 33.8 Å². The molecule has 1 unspecified atom stereocenters. The van der Waals surface area contributed by atoms with Crippen molar-refractivity contribution in [2.45, 2.75) is 18.9 Å². The van der Waals surface area contributed by atoms with Gasteiger partial charge in [-0.25, -0.2) is 0 Å². The van der Waals surface area contributed by atoms with E-state index in [4.69, 9.17) is 0 Å². The van der Waals surface area contributed by atoms with Crippen LogP contribution in [-0.4, -0.2) is 11.7 Å². The first-order chi connectivity index (χ1) is 13.1. The number of amides is 1. The predicted octanol–water partition coefficient (Wildman–Crippen LogP) is 5.35. The molecule has 1 amide bonds. The van der Waals surface area contributed by atoms with Gasteiger partial charge >= 0.3 is 0 Å². The molecular weight excluding hydrogens is 402 g/mol. The Morgan fingerprint density at radius 2 is 1.56 bits per heavy atom. The molecule has 27 heavy (non-hydrogen) atoms. The highest BCUT2D eigenvalue weighted by Crippen LogP contribution is 2.40. The highest BCUT2D eigenvalue weighted by atomic mass is 79.9. The summed E-state index contributed by atoms with van der Waals surface area (Å²) in [5, 5.41) is 0. The maximum absolute atomic E-state index is 13.2. The molecule has 1 atom stereocenters. The van der Waals surface area contributed by atoms with Crippen molar-refractivity contribution in [2.24, 2.45) is 0 Å². The third-order valence-electron chi connectivity index (χ3n) is 4.91. The van der Waals surface area contributed by atoms with Crippen molar-refractivity contribution in [3.8, 4) is 0 Å².